The predicted octanol–water partition coefficient (Wildman–Crippen LogP) is 2.17. The minimum absolute atomic E-state index is 0.171. The summed E-state index contributed by atoms with van der Waals surface area (Å²) in [6.07, 6.45) is -1.20. The van der Waals surface area contributed by atoms with Crippen molar-refractivity contribution in [1.29, 1.82) is 0 Å². The van der Waals surface area contributed by atoms with Crippen molar-refractivity contribution in [2.24, 2.45) is 0 Å². The first kappa shape index (κ1) is 15.5. The summed E-state index contributed by atoms with van der Waals surface area (Å²) < 4.78 is 42.6. The molecular weight excluding hydrogens is 286 g/mol. The number of ether oxygens (including phenoxy) is 3. The van der Waals surface area contributed by atoms with Gasteiger partial charge in [-0.1, -0.05) is 0 Å². The zero-order valence-corrected chi connectivity index (χ0v) is 11.7. The Morgan fingerprint density at radius 1 is 1.33 bits per heavy atom. The van der Waals surface area contributed by atoms with Gasteiger partial charge in [0.05, 0.1) is 20.3 Å². The maximum absolute atomic E-state index is 13.8. The Hall–Kier alpha value is -1.89. The lowest BCUT2D eigenvalue weighted by molar-refractivity contribution is -0.150. The molecule has 0 radical (unpaired) electrons. The molecule has 0 aliphatic carbocycles. The third kappa shape index (κ3) is 3.24. The number of benzene rings is 1. The molecule has 1 N–H and O–H groups in total. The molecule has 1 atom stereocenters. The molecule has 1 aromatic rings. The van der Waals surface area contributed by atoms with Gasteiger partial charge < -0.3 is 19.3 Å². The topological polar surface area (TPSA) is 65.0 Å². The lowest BCUT2D eigenvalue weighted by Gasteiger charge is -2.21. The van der Waals surface area contributed by atoms with Crippen LogP contribution in [0.4, 0.5) is 8.78 Å². The van der Waals surface area contributed by atoms with E-state index in [2.05, 4.69) is 4.74 Å². The van der Waals surface area contributed by atoms with Crippen LogP contribution in [0, 0.1) is 0 Å². The van der Waals surface area contributed by atoms with Crippen molar-refractivity contribution in [1.82, 2.24) is 0 Å². The fourth-order valence-corrected chi connectivity index (χ4v) is 2.07. The van der Waals surface area contributed by atoms with E-state index < -0.39 is 23.6 Å². The minimum atomic E-state index is -3.25. The summed E-state index contributed by atoms with van der Waals surface area (Å²) in [6, 6.07) is 2.30. The Morgan fingerprint density at radius 3 is 2.43 bits per heavy atom. The summed E-state index contributed by atoms with van der Waals surface area (Å²) in [6.45, 7) is 1.39. The molecule has 1 unspecified atom stereocenters. The molecule has 0 saturated heterocycles. The van der Waals surface area contributed by atoms with Crippen LogP contribution in [0.2, 0.25) is 0 Å². The number of halogens is 2. The Bertz CT molecular complexity index is 539. The van der Waals surface area contributed by atoms with Crippen LogP contribution < -0.4 is 9.47 Å². The van der Waals surface area contributed by atoms with Crippen LogP contribution in [-0.4, -0.2) is 31.4 Å². The highest BCUT2D eigenvalue weighted by atomic mass is 19.3. The number of alkyl halides is 2. The molecule has 0 aromatic heterocycles. The van der Waals surface area contributed by atoms with Gasteiger partial charge in [-0.25, -0.2) is 13.6 Å². The third-order valence-corrected chi connectivity index (χ3v) is 3.11. The summed E-state index contributed by atoms with van der Waals surface area (Å²) >= 11 is 0. The molecule has 2 rings (SSSR count). The first-order valence-corrected chi connectivity index (χ1v) is 6.42. The van der Waals surface area contributed by atoms with Crippen LogP contribution >= 0.6 is 0 Å². The van der Waals surface area contributed by atoms with Crippen LogP contribution in [-0.2, 0) is 15.5 Å². The van der Waals surface area contributed by atoms with Crippen LogP contribution in [0.5, 0.6) is 11.5 Å². The standard InChI is InChI=1S/C14H16F2O5/c1-14(15,16)9-7-11-10(20-4-3-5-21-11)6-8(9)12(17)13(18)19-2/h6-7,12,17H,3-5H2,1-2H3. The quantitative estimate of drug-likeness (QED) is 0.867. The van der Waals surface area contributed by atoms with Crippen molar-refractivity contribution >= 4 is 5.97 Å². The average molecular weight is 302 g/mol. The van der Waals surface area contributed by atoms with E-state index in [9.17, 15) is 18.7 Å². The number of esters is 1. The van der Waals surface area contributed by atoms with E-state index in [1.165, 1.54) is 6.07 Å². The van der Waals surface area contributed by atoms with E-state index in [0.717, 1.165) is 13.2 Å². The Balaban J connectivity index is 2.55. The Kier molecular flexibility index (Phi) is 4.32. The number of hydrogen-bond acceptors (Lipinski definition) is 5. The van der Waals surface area contributed by atoms with Gasteiger partial charge in [-0.3, -0.25) is 0 Å². The van der Waals surface area contributed by atoms with Gasteiger partial charge in [-0.05, 0) is 12.1 Å². The number of rotatable bonds is 3. The van der Waals surface area contributed by atoms with Crippen molar-refractivity contribution in [2.45, 2.75) is 25.4 Å². The second-order valence-electron chi connectivity index (χ2n) is 4.75. The summed E-state index contributed by atoms with van der Waals surface area (Å²) in [4.78, 5) is 11.4. The van der Waals surface area contributed by atoms with Gasteiger partial charge in [-0.15, -0.1) is 0 Å². The van der Waals surface area contributed by atoms with Gasteiger partial charge in [0, 0.05) is 24.5 Å². The number of carbonyl (C=O) groups excluding carboxylic acids is 1. The number of carbonyl (C=O) groups is 1. The number of aliphatic hydroxyl groups excluding tert-OH is 1. The van der Waals surface area contributed by atoms with E-state index in [0.29, 0.717) is 26.6 Å². The molecular formula is C14H16F2O5. The summed E-state index contributed by atoms with van der Waals surface area (Å²) in [5, 5.41) is 9.90. The number of hydrogen-bond donors (Lipinski definition) is 1. The van der Waals surface area contributed by atoms with Crippen molar-refractivity contribution in [3.63, 3.8) is 0 Å². The first-order valence-electron chi connectivity index (χ1n) is 6.42. The van der Waals surface area contributed by atoms with E-state index >= 15 is 0 Å². The number of methoxy groups -OCH3 is 1. The monoisotopic (exact) mass is 302 g/mol. The molecule has 7 heteroatoms. The van der Waals surface area contributed by atoms with Gasteiger partial charge in [0.1, 0.15) is 0 Å². The summed E-state index contributed by atoms with van der Waals surface area (Å²) in [5.41, 5.74) is -0.747. The maximum Gasteiger partial charge on any atom is 0.339 e. The first-order chi connectivity index (χ1) is 9.84. The molecule has 0 spiro atoms. The van der Waals surface area contributed by atoms with Gasteiger partial charge in [0.15, 0.2) is 17.6 Å². The number of aliphatic hydroxyl groups is 1. The van der Waals surface area contributed by atoms with Crippen molar-refractivity contribution in [2.75, 3.05) is 20.3 Å². The van der Waals surface area contributed by atoms with Crippen LogP contribution in [0.15, 0.2) is 12.1 Å². The minimum Gasteiger partial charge on any atom is -0.490 e. The van der Waals surface area contributed by atoms with Crippen molar-refractivity contribution in [3.05, 3.63) is 23.3 Å². The second-order valence-corrected chi connectivity index (χ2v) is 4.75. The molecule has 0 fully saturated rings. The van der Waals surface area contributed by atoms with Crippen LogP contribution in [0.3, 0.4) is 0 Å². The summed E-state index contributed by atoms with van der Waals surface area (Å²) in [7, 11) is 1.07. The lowest BCUT2D eigenvalue weighted by atomic mass is 9.97. The van der Waals surface area contributed by atoms with Gasteiger partial charge in [-0.2, -0.15) is 0 Å². The molecule has 1 heterocycles. The third-order valence-electron chi connectivity index (χ3n) is 3.11. The van der Waals surface area contributed by atoms with E-state index in [1.54, 1.807) is 0 Å². The van der Waals surface area contributed by atoms with Crippen molar-refractivity contribution in [3.8, 4) is 11.5 Å². The highest BCUT2D eigenvalue weighted by molar-refractivity contribution is 5.77. The fourth-order valence-electron chi connectivity index (χ4n) is 2.07. The molecule has 1 aliphatic heterocycles. The highest BCUT2D eigenvalue weighted by Gasteiger charge is 2.34. The van der Waals surface area contributed by atoms with E-state index in [1.807, 2.05) is 0 Å². The van der Waals surface area contributed by atoms with Gasteiger partial charge in [0.25, 0.3) is 5.92 Å². The van der Waals surface area contributed by atoms with E-state index in [-0.39, 0.29) is 17.1 Å². The SMILES string of the molecule is COC(=O)C(O)c1cc2c(cc1C(C)(F)F)OCCCO2. The molecule has 5 nitrogen and oxygen atoms in total. The zero-order chi connectivity index (χ0) is 15.6. The molecule has 116 valence electrons. The Morgan fingerprint density at radius 2 is 1.90 bits per heavy atom. The largest absolute Gasteiger partial charge is 0.490 e. The highest BCUT2D eigenvalue weighted by Crippen LogP contribution is 2.41. The second kappa shape index (κ2) is 5.85. The van der Waals surface area contributed by atoms with Crippen molar-refractivity contribution < 1.29 is 32.9 Å². The average Bonchev–Trinajstić information content (AvgIpc) is 2.67. The molecule has 0 bridgehead atoms. The number of fused-ring (bicyclic) bond motifs is 1. The molecule has 1 aromatic carbocycles. The zero-order valence-electron chi connectivity index (χ0n) is 11.7. The molecule has 21 heavy (non-hydrogen) atoms. The smallest absolute Gasteiger partial charge is 0.339 e. The summed E-state index contributed by atoms with van der Waals surface area (Å²) in [5.74, 6) is -3.88. The molecule has 0 amide bonds. The Labute approximate surface area is 120 Å². The van der Waals surface area contributed by atoms with Crippen LogP contribution in [0.1, 0.15) is 30.6 Å². The van der Waals surface area contributed by atoms with E-state index in [4.69, 9.17) is 9.47 Å². The normalized spacial score (nSPS) is 16.0. The van der Waals surface area contributed by atoms with Gasteiger partial charge in [0.2, 0.25) is 0 Å². The molecule has 1 aliphatic rings. The fraction of sp³-hybridized carbons (Fsp3) is 0.500. The van der Waals surface area contributed by atoms with Crippen LogP contribution in [0.25, 0.3) is 0 Å². The van der Waals surface area contributed by atoms with Gasteiger partial charge >= 0.3 is 5.97 Å². The predicted molar refractivity (Wildman–Crippen MR) is 68.6 cm³/mol. The molecule has 0 saturated carbocycles. The maximum atomic E-state index is 13.8. The lowest BCUT2D eigenvalue weighted by Crippen LogP contribution is -2.20.